The van der Waals surface area contributed by atoms with Crippen molar-refractivity contribution in [3.8, 4) is 0 Å². The number of likely N-dealkylation sites (tertiary alicyclic amines) is 1. The van der Waals surface area contributed by atoms with E-state index in [1.54, 1.807) is 0 Å². The van der Waals surface area contributed by atoms with Gasteiger partial charge in [0.15, 0.2) is 0 Å². The summed E-state index contributed by atoms with van der Waals surface area (Å²) < 4.78 is 40.7. The van der Waals surface area contributed by atoms with Crippen LogP contribution in [0, 0.1) is 11.7 Å². The number of carboxylic acids is 1. The minimum Gasteiger partial charge on any atom is -0.478 e. The molecule has 0 radical (unpaired) electrons. The standard InChI is InChI=1S/C15H21FN2O4S/c1-10-9-17(2)7-6-13(10)18(3)23(21,22)14-5-4-11(15(19)20)8-12(14)16/h4-5,8,10,13H,6-7,9H2,1-3H3,(H,19,20). The number of nitrogens with zero attached hydrogens (tertiary/aromatic N) is 2. The number of carbonyl (C=O) groups is 1. The molecule has 8 heteroatoms. The lowest BCUT2D eigenvalue weighted by molar-refractivity contribution is 0.0696. The summed E-state index contributed by atoms with van der Waals surface area (Å²) in [6, 6.07) is 2.64. The fraction of sp³-hybridized carbons (Fsp3) is 0.533. The molecule has 1 N–H and O–H groups in total. The Morgan fingerprint density at radius 3 is 2.61 bits per heavy atom. The van der Waals surface area contributed by atoms with Gasteiger partial charge in [-0.05, 0) is 44.1 Å². The van der Waals surface area contributed by atoms with Gasteiger partial charge in [0, 0.05) is 19.6 Å². The van der Waals surface area contributed by atoms with Crippen LogP contribution in [0.3, 0.4) is 0 Å². The lowest BCUT2D eigenvalue weighted by Crippen LogP contribution is -2.49. The van der Waals surface area contributed by atoms with E-state index in [2.05, 4.69) is 4.90 Å². The van der Waals surface area contributed by atoms with Crippen molar-refractivity contribution in [1.82, 2.24) is 9.21 Å². The van der Waals surface area contributed by atoms with Crippen LogP contribution in [-0.4, -0.2) is 61.9 Å². The molecular formula is C15H21FN2O4S. The van der Waals surface area contributed by atoms with E-state index >= 15 is 0 Å². The third-order valence-corrected chi connectivity index (χ3v) is 6.28. The Morgan fingerprint density at radius 1 is 1.43 bits per heavy atom. The Morgan fingerprint density at radius 2 is 2.09 bits per heavy atom. The first-order chi connectivity index (χ1) is 10.6. The van der Waals surface area contributed by atoms with Gasteiger partial charge in [0.1, 0.15) is 10.7 Å². The molecule has 2 atom stereocenters. The predicted molar refractivity (Wildman–Crippen MR) is 83.4 cm³/mol. The van der Waals surface area contributed by atoms with Crippen molar-refractivity contribution in [3.63, 3.8) is 0 Å². The van der Waals surface area contributed by atoms with Gasteiger partial charge in [0.05, 0.1) is 5.56 Å². The highest BCUT2D eigenvalue weighted by atomic mass is 32.2. The Labute approximate surface area is 135 Å². The summed E-state index contributed by atoms with van der Waals surface area (Å²) >= 11 is 0. The number of hydrogen-bond donors (Lipinski definition) is 1. The van der Waals surface area contributed by atoms with Crippen LogP contribution in [0.5, 0.6) is 0 Å². The van der Waals surface area contributed by atoms with Crippen molar-refractivity contribution >= 4 is 16.0 Å². The van der Waals surface area contributed by atoms with E-state index in [9.17, 15) is 17.6 Å². The predicted octanol–water partition coefficient (Wildman–Crippen LogP) is 1.48. The lowest BCUT2D eigenvalue weighted by Gasteiger charge is -2.39. The topological polar surface area (TPSA) is 77.9 Å². The molecule has 0 aliphatic carbocycles. The van der Waals surface area contributed by atoms with Crippen LogP contribution in [-0.2, 0) is 10.0 Å². The van der Waals surface area contributed by atoms with Gasteiger partial charge in [-0.25, -0.2) is 17.6 Å². The average Bonchev–Trinajstić information content (AvgIpc) is 2.46. The van der Waals surface area contributed by atoms with Crippen LogP contribution in [0.25, 0.3) is 0 Å². The van der Waals surface area contributed by atoms with E-state index in [1.807, 2.05) is 14.0 Å². The first-order valence-electron chi connectivity index (χ1n) is 7.34. The second-order valence-electron chi connectivity index (χ2n) is 6.07. The van der Waals surface area contributed by atoms with Gasteiger partial charge in [-0.15, -0.1) is 0 Å². The molecule has 1 aromatic carbocycles. The lowest BCUT2D eigenvalue weighted by atomic mass is 9.94. The summed E-state index contributed by atoms with van der Waals surface area (Å²) in [4.78, 5) is 12.5. The summed E-state index contributed by atoms with van der Waals surface area (Å²) in [5.74, 6) is -2.22. The molecule has 23 heavy (non-hydrogen) atoms. The maximum Gasteiger partial charge on any atom is 0.335 e. The molecule has 128 valence electrons. The molecule has 1 saturated heterocycles. The molecule has 6 nitrogen and oxygen atoms in total. The molecule has 1 aliphatic heterocycles. The zero-order chi connectivity index (χ0) is 17.4. The summed E-state index contributed by atoms with van der Waals surface area (Å²) in [5, 5.41) is 8.84. The smallest absolute Gasteiger partial charge is 0.335 e. The Hall–Kier alpha value is -1.51. The van der Waals surface area contributed by atoms with Gasteiger partial charge in [-0.1, -0.05) is 6.92 Å². The van der Waals surface area contributed by atoms with E-state index < -0.39 is 26.7 Å². The highest BCUT2D eigenvalue weighted by Gasteiger charge is 2.35. The Bertz CT molecular complexity index is 707. The number of rotatable bonds is 4. The molecule has 2 rings (SSSR count). The summed E-state index contributed by atoms with van der Waals surface area (Å²) in [6.07, 6.45) is 0.669. The minimum atomic E-state index is -4.02. The Kier molecular flexibility index (Phi) is 5.07. The van der Waals surface area contributed by atoms with Crippen LogP contribution >= 0.6 is 0 Å². The van der Waals surface area contributed by atoms with Crippen molar-refractivity contribution in [2.24, 2.45) is 5.92 Å². The normalized spacial score (nSPS) is 23.2. The maximum absolute atomic E-state index is 14.1. The number of benzene rings is 1. The largest absolute Gasteiger partial charge is 0.478 e. The zero-order valence-corrected chi connectivity index (χ0v) is 14.2. The zero-order valence-electron chi connectivity index (χ0n) is 13.4. The molecule has 1 heterocycles. The average molecular weight is 344 g/mol. The molecule has 1 aliphatic rings. The van der Waals surface area contributed by atoms with Crippen molar-refractivity contribution in [2.45, 2.75) is 24.3 Å². The van der Waals surface area contributed by atoms with Crippen molar-refractivity contribution in [2.75, 3.05) is 27.2 Å². The highest BCUT2D eigenvalue weighted by molar-refractivity contribution is 7.89. The molecule has 0 amide bonds. The Balaban J connectivity index is 2.32. The molecule has 0 spiro atoms. The van der Waals surface area contributed by atoms with Gasteiger partial charge in [-0.3, -0.25) is 0 Å². The first kappa shape index (κ1) is 17.8. The molecule has 0 bridgehead atoms. The molecule has 1 fully saturated rings. The second-order valence-corrected chi connectivity index (χ2v) is 8.03. The fourth-order valence-corrected chi connectivity index (χ4v) is 4.58. The monoisotopic (exact) mass is 344 g/mol. The third kappa shape index (κ3) is 3.54. The van der Waals surface area contributed by atoms with Crippen LogP contribution in [0.1, 0.15) is 23.7 Å². The SMILES string of the molecule is CC1CN(C)CCC1N(C)S(=O)(=O)c1ccc(C(=O)O)cc1F. The summed E-state index contributed by atoms with van der Waals surface area (Å²) in [5.41, 5.74) is -0.281. The quantitative estimate of drug-likeness (QED) is 0.895. The number of piperidine rings is 1. The van der Waals surface area contributed by atoms with Crippen LogP contribution in [0.2, 0.25) is 0 Å². The van der Waals surface area contributed by atoms with E-state index in [0.717, 1.165) is 31.3 Å². The van der Waals surface area contributed by atoms with Crippen molar-refractivity contribution in [1.29, 1.82) is 0 Å². The van der Waals surface area contributed by atoms with Gasteiger partial charge < -0.3 is 10.0 Å². The summed E-state index contributed by atoms with van der Waals surface area (Å²) in [7, 11) is -0.587. The molecule has 0 saturated carbocycles. The number of hydrogen-bond acceptors (Lipinski definition) is 4. The van der Waals surface area contributed by atoms with Crippen LogP contribution in [0.15, 0.2) is 23.1 Å². The van der Waals surface area contributed by atoms with Crippen molar-refractivity contribution < 1.29 is 22.7 Å². The van der Waals surface area contributed by atoms with E-state index in [4.69, 9.17) is 5.11 Å². The van der Waals surface area contributed by atoms with Gasteiger partial charge in [0.2, 0.25) is 10.0 Å². The minimum absolute atomic E-state index is 0.120. The number of halogens is 1. The van der Waals surface area contributed by atoms with Crippen LogP contribution < -0.4 is 0 Å². The van der Waals surface area contributed by atoms with E-state index in [-0.39, 0.29) is 17.5 Å². The summed E-state index contributed by atoms with van der Waals surface area (Å²) in [6.45, 7) is 3.51. The van der Waals surface area contributed by atoms with E-state index in [0.29, 0.717) is 6.42 Å². The molecule has 1 aromatic rings. The number of aromatic carboxylic acids is 1. The van der Waals surface area contributed by atoms with Gasteiger partial charge >= 0.3 is 5.97 Å². The number of sulfonamides is 1. The third-order valence-electron chi connectivity index (χ3n) is 4.37. The van der Waals surface area contributed by atoms with E-state index in [1.165, 1.54) is 11.4 Å². The van der Waals surface area contributed by atoms with Crippen molar-refractivity contribution in [3.05, 3.63) is 29.6 Å². The fourth-order valence-electron chi connectivity index (χ4n) is 3.06. The second kappa shape index (κ2) is 6.54. The highest BCUT2D eigenvalue weighted by Crippen LogP contribution is 2.27. The molecule has 0 aromatic heterocycles. The number of carboxylic acid groups (broad SMARTS) is 1. The van der Waals surface area contributed by atoms with Crippen LogP contribution in [0.4, 0.5) is 4.39 Å². The molecular weight excluding hydrogens is 323 g/mol. The van der Waals surface area contributed by atoms with Gasteiger partial charge in [0.25, 0.3) is 0 Å². The molecule has 2 unspecified atom stereocenters. The first-order valence-corrected chi connectivity index (χ1v) is 8.78. The maximum atomic E-state index is 14.1. The van der Waals surface area contributed by atoms with Gasteiger partial charge in [-0.2, -0.15) is 4.31 Å².